The maximum Gasteiger partial charge on any atom is 0.408 e. The number of hydrogen-bond donors (Lipinski definition) is 2. The van der Waals surface area contributed by atoms with Gasteiger partial charge in [0.2, 0.25) is 0 Å². The molecule has 144 valence electrons. The molecule has 1 saturated carbocycles. The number of nitrogens with one attached hydrogen (secondary N) is 2. The van der Waals surface area contributed by atoms with E-state index in [1.165, 1.54) is 0 Å². The van der Waals surface area contributed by atoms with Gasteiger partial charge in [-0.25, -0.2) is 4.79 Å². The minimum absolute atomic E-state index is 0.363. The first-order chi connectivity index (χ1) is 12.4. The molecule has 2 aliphatic rings. The summed E-state index contributed by atoms with van der Waals surface area (Å²) >= 11 is 0. The highest BCUT2D eigenvalue weighted by molar-refractivity contribution is 5.74. The zero-order chi connectivity index (χ0) is 18.6. The number of carbonyl (C=O) groups excluding carboxylic acids is 1. The lowest BCUT2D eigenvalue weighted by Gasteiger charge is -2.32. The van der Waals surface area contributed by atoms with Crippen LogP contribution in [-0.2, 0) is 4.74 Å². The molecule has 2 fully saturated rings. The summed E-state index contributed by atoms with van der Waals surface area (Å²) in [6.07, 6.45) is 2.49. The second-order valence-electron chi connectivity index (χ2n) is 7.00. The van der Waals surface area contributed by atoms with Crippen LogP contribution in [-0.4, -0.2) is 35.9 Å². The van der Waals surface area contributed by atoms with E-state index in [0.717, 1.165) is 24.8 Å². The average Bonchev–Trinajstić information content (AvgIpc) is 3.08. The number of nitrogens with zero attached hydrogens (tertiary/aromatic N) is 1. The van der Waals surface area contributed by atoms with Crippen molar-refractivity contribution in [2.45, 2.75) is 62.9 Å². The molecule has 1 aromatic heterocycles. The molecule has 1 saturated heterocycles. The summed E-state index contributed by atoms with van der Waals surface area (Å²) in [4.78, 5) is 16.2. The van der Waals surface area contributed by atoms with Gasteiger partial charge in [-0.1, -0.05) is 19.3 Å². The Labute approximate surface area is 150 Å². The molecule has 0 spiro atoms. The molecule has 0 aromatic carbocycles. The quantitative estimate of drug-likeness (QED) is 0.848. The highest BCUT2D eigenvalue weighted by atomic mass is 19.4. The lowest BCUT2D eigenvalue weighted by atomic mass is 9.83. The van der Waals surface area contributed by atoms with Crippen molar-refractivity contribution in [2.24, 2.45) is 5.92 Å². The zero-order valence-corrected chi connectivity index (χ0v) is 14.5. The molecule has 1 aliphatic heterocycles. The van der Waals surface area contributed by atoms with Crippen LogP contribution in [0.2, 0.25) is 0 Å². The molecule has 0 bridgehead atoms. The number of ether oxygens (including phenoxy) is 1. The molecule has 1 unspecified atom stereocenters. The Hall–Kier alpha value is -1.83. The van der Waals surface area contributed by atoms with E-state index in [-0.39, 0.29) is 12.1 Å². The van der Waals surface area contributed by atoms with Gasteiger partial charge in [0, 0.05) is 19.0 Å². The normalized spacial score (nSPS) is 25.7. The van der Waals surface area contributed by atoms with E-state index in [1.807, 2.05) is 0 Å². The first kappa shape index (κ1) is 18.9. The number of alkyl halides is 3. The van der Waals surface area contributed by atoms with Crippen molar-refractivity contribution in [1.29, 1.82) is 0 Å². The Bertz CT molecular complexity index is 591. The van der Waals surface area contributed by atoms with Crippen molar-refractivity contribution in [3.63, 3.8) is 0 Å². The first-order valence-electron chi connectivity index (χ1n) is 9.10. The Morgan fingerprint density at radius 2 is 1.85 bits per heavy atom. The van der Waals surface area contributed by atoms with Gasteiger partial charge in [0.1, 0.15) is 12.1 Å². The van der Waals surface area contributed by atoms with Crippen molar-refractivity contribution in [1.82, 2.24) is 15.6 Å². The second kappa shape index (κ2) is 8.24. The zero-order valence-electron chi connectivity index (χ0n) is 14.5. The average molecular weight is 371 g/mol. The third-order valence-electron chi connectivity index (χ3n) is 5.20. The molecular weight excluding hydrogens is 347 g/mol. The fourth-order valence-corrected chi connectivity index (χ4v) is 3.90. The summed E-state index contributed by atoms with van der Waals surface area (Å²) in [6.45, 7) is 0.448. The summed E-state index contributed by atoms with van der Waals surface area (Å²) in [7, 11) is 0. The van der Waals surface area contributed by atoms with Crippen molar-refractivity contribution in [3.8, 4) is 0 Å². The Morgan fingerprint density at radius 3 is 2.50 bits per heavy atom. The fraction of sp³-hybridized carbons (Fsp3) is 0.667. The van der Waals surface area contributed by atoms with Crippen molar-refractivity contribution in [2.75, 3.05) is 6.61 Å². The third kappa shape index (κ3) is 4.66. The number of carbonyl (C=O) groups is 1. The number of aromatic nitrogens is 1. The lowest BCUT2D eigenvalue weighted by Crippen LogP contribution is -2.55. The van der Waals surface area contributed by atoms with Crippen LogP contribution in [0.5, 0.6) is 0 Å². The van der Waals surface area contributed by atoms with E-state index >= 15 is 0 Å². The number of halogens is 3. The molecule has 1 aliphatic carbocycles. The van der Waals surface area contributed by atoms with E-state index in [0.29, 0.717) is 25.9 Å². The van der Waals surface area contributed by atoms with Crippen LogP contribution in [0.3, 0.4) is 0 Å². The van der Waals surface area contributed by atoms with E-state index in [4.69, 9.17) is 4.74 Å². The van der Waals surface area contributed by atoms with Crippen LogP contribution in [0.4, 0.5) is 18.0 Å². The molecule has 2 amide bonds. The number of hydrogen-bond acceptors (Lipinski definition) is 3. The van der Waals surface area contributed by atoms with Crippen LogP contribution in [0.25, 0.3) is 0 Å². The molecule has 1 aromatic rings. The van der Waals surface area contributed by atoms with Gasteiger partial charge in [-0.2, -0.15) is 13.2 Å². The summed E-state index contributed by atoms with van der Waals surface area (Å²) < 4.78 is 46.0. The number of rotatable bonds is 4. The van der Waals surface area contributed by atoms with Crippen LogP contribution < -0.4 is 10.6 Å². The first-order valence-corrected chi connectivity index (χ1v) is 9.10. The van der Waals surface area contributed by atoms with Gasteiger partial charge in [0.15, 0.2) is 0 Å². The van der Waals surface area contributed by atoms with Crippen LogP contribution in [0.1, 0.15) is 50.2 Å². The maximum atomic E-state index is 13.4. The van der Waals surface area contributed by atoms with Gasteiger partial charge in [-0.3, -0.25) is 4.98 Å². The third-order valence-corrected chi connectivity index (χ3v) is 5.20. The Kier molecular flexibility index (Phi) is 6.01. The number of urea groups is 1. The van der Waals surface area contributed by atoms with Crippen LogP contribution >= 0.6 is 0 Å². The predicted octanol–water partition coefficient (Wildman–Crippen LogP) is 3.72. The molecule has 5 nitrogen and oxygen atoms in total. The number of pyridine rings is 1. The largest absolute Gasteiger partial charge is 0.408 e. The monoisotopic (exact) mass is 371 g/mol. The second-order valence-corrected chi connectivity index (χ2v) is 7.00. The standard InChI is InChI=1S/C18H24F3N3O2/c19-18(20,21)16(13-4-2-1-3-5-13)24-17(25)23-14-8-11-26-15(14)12-6-9-22-10-7-12/h6-7,9-10,13-16H,1-5,8,11H2,(H2,23,24,25)/t14-,15+,16?/m1/s1. The van der Waals surface area contributed by atoms with E-state index in [1.54, 1.807) is 24.5 Å². The fourth-order valence-electron chi connectivity index (χ4n) is 3.90. The van der Waals surface area contributed by atoms with Crippen LogP contribution in [0.15, 0.2) is 24.5 Å². The summed E-state index contributed by atoms with van der Waals surface area (Å²) in [6, 6.07) is 0.612. The lowest BCUT2D eigenvalue weighted by molar-refractivity contribution is -0.167. The smallest absolute Gasteiger partial charge is 0.371 e. The topological polar surface area (TPSA) is 63.2 Å². The Morgan fingerprint density at radius 1 is 1.15 bits per heavy atom. The van der Waals surface area contributed by atoms with Gasteiger partial charge in [0.05, 0.1) is 6.04 Å². The molecule has 8 heteroatoms. The molecule has 3 atom stereocenters. The van der Waals surface area contributed by atoms with Gasteiger partial charge in [0.25, 0.3) is 0 Å². The van der Waals surface area contributed by atoms with E-state index in [2.05, 4.69) is 15.6 Å². The SMILES string of the molecule is O=C(NC(C1CCCCC1)C(F)(F)F)N[C@@H]1CCO[C@H]1c1ccncc1. The molecule has 2 N–H and O–H groups in total. The van der Waals surface area contributed by atoms with Gasteiger partial charge in [-0.05, 0) is 42.9 Å². The molecular formula is C18H24F3N3O2. The maximum absolute atomic E-state index is 13.4. The molecule has 0 radical (unpaired) electrons. The van der Waals surface area contributed by atoms with E-state index < -0.39 is 24.2 Å². The van der Waals surface area contributed by atoms with Crippen LogP contribution in [0, 0.1) is 5.92 Å². The summed E-state index contributed by atoms with van der Waals surface area (Å²) in [5.41, 5.74) is 0.849. The summed E-state index contributed by atoms with van der Waals surface area (Å²) in [5.74, 6) is -0.551. The van der Waals surface area contributed by atoms with Gasteiger partial charge >= 0.3 is 12.2 Å². The molecule has 26 heavy (non-hydrogen) atoms. The van der Waals surface area contributed by atoms with Crippen molar-refractivity contribution in [3.05, 3.63) is 30.1 Å². The Balaban J connectivity index is 1.62. The minimum Gasteiger partial charge on any atom is -0.371 e. The molecule has 2 heterocycles. The van der Waals surface area contributed by atoms with E-state index in [9.17, 15) is 18.0 Å². The highest BCUT2D eigenvalue weighted by Gasteiger charge is 2.46. The summed E-state index contributed by atoms with van der Waals surface area (Å²) in [5, 5.41) is 4.86. The van der Waals surface area contributed by atoms with Gasteiger partial charge < -0.3 is 15.4 Å². The number of amides is 2. The highest BCUT2D eigenvalue weighted by Crippen LogP contribution is 2.35. The minimum atomic E-state index is -4.45. The van der Waals surface area contributed by atoms with Gasteiger partial charge in [-0.15, -0.1) is 0 Å². The predicted molar refractivity (Wildman–Crippen MR) is 89.4 cm³/mol. The molecule has 3 rings (SSSR count). The van der Waals surface area contributed by atoms with Crippen molar-refractivity contribution >= 4 is 6.03 Å². The van der Waals surface area contributed by atoms with Crippen molar-refractivity contribution < 1.29 is 22.7 Å².